The van der Waals surface area contributed by atoms with Gasteiger partial charge in [-0.05, 0) is 31.2 Å². The SMILES string of the molecule is C/C(=N\Nc1n[nH]c(=O)/c(=N\Nc2ccccc2)s1)c1cc2ccccc2oc1=O. The molecule has 0 aliphatic carbocycles. The molecular formula is C20H16N6O3S. The summed E-state index contributed by atoms with van der Waals surface area (Å²) < 4.78 is 5.49. The molecule has 0 spiro atoms. The lowest BCUT2D eigenvalue weighted by molar-refractivity contribution is 0.559. The Morgan fingerprint density at radius 3 is 2.67 bits per heavy atom. The highest BCUT2D eigenvalue weighted by Gasteiger charge is 2.08. The van der Waals surface area contributed by atoms with Gasteiger partial charge in [0.25, 0.3) is 0 Å². The molecule has 150 valence electrons. The molecule has 0 saturated carbocycles. The third kappa shape index (κ3) is 4.33. The summed E-state index contributed by atoms with van der Waals surface area (Å²) in [6, 6.07) is 18.2. The molecule has 4 aromatic rings. The fraction of sp³-hybridized carbons (Fsp3) is 0.0500. The summed E-state index contributed by atoms with van der Waals surface area (Å²) in [6.45, 7) is 1.67. The van der Waals surface area contributed by atoms with Gasteiger partial charge in [0.05, 0.1) is 17.0 Å². The average Bonchev–Trinajstić information content (AvgIpc) is 2.77. The fourth-order valence-corrected chi connectivity index (χ4v) is 3.16. The zero-order chi connectivity index (χ0) is 20.9. The zero-order valence-corrected chi connectivity index (χ0v) is 16.6. The van der Waals surface area contributed by atoms with Crippen molar-refractivity contribution in [3.05, 3.63) is 91.7 Å². The van der Waals surface area contributed by atoms with E-state index in [1.54, 1.807) is 25.1 Å². The van der Waals surface area contributed by atoms with Crippen LogP contribution in [0.1, 0.15) is 12.5 Å². The first kappa shape index (κ1) is 19.3. The molecule has 0 fully saturated rings. The number of hydrogen-bond donors (Lipinski definition) is 3. The van der Waals surface area contributed by atoms with Crippen LogP contribution in [0.4, 0.5) is 10.8 Å². The number of rotatable bonds is 5. The quantitative estimate of drug-likeness (QED) is 0.259. The van der Waals surface area contributed by atoms with Crippen LogP contribution in [-0.2, 0) is 0 Å². The van der Waals surface area contributed by atoms with Gasteiger partial charge in [-0.3, -0.25) is 15.6 Å². The minimum atomic E-state index is -0.488. The minimum Gasteiger partial charge on any atom is -0.422 e. The number of anilines is 2. The summed E-state index contributed by atoms with van der Waals surface area (Å²) in [5.74, 6) is 0. The molecule has 9 nitrogen and oxygen atoms in total. The summed E-state index contributed by atoms with van der Waals surface area (Å²) in [5, 5.41) is 15.7. The molecule has 2 aromatic carbocycles. The highest BCUT2D eigenvalue weighted by molar-refractivity contribution is 7.12. The summed E-state index contributed by atoms with van der Waals surface area (Å²) >= 11 is 1.01. The van der Waals surface area contributed by atoms with Gasteiger partial charge in [0.2, 0.25) is 9.80 Å². The molecule has 0 bridgehead atoms. The van der Waals surface area contributed by atoms with Crippen LogP contribution in [0.25, 0.3) is 11.0 Å². The molecule has 3 N–H and O–H groups in total. The number of aromatic amines is 1. The normalized spacial score (nSPS) is 12.2. The average molecular weight is 420 g/mol. The standard InChI is InChI=1S/C20H16N6O3S/c1-12(15-11-13-7-5-6-10-16(13)29-19(15)28)21-25-20-26-23-17(27)18(30-20)24-22-14-8-3-2-4-9-14/h2-11,22H,1H3,(H,23,27)(H,25,26)/b21-12+,24-18+. The Bertz CT molecular complexity index is 1410. The third-order valence-electron chi connectivity index (χ3n) is 4.06. The zero-order valence-electron chi connectivity index (χ0n) is 15.7. The third-order valence-corrected chi connectivity index (χ3v) is 4.90. The van der Waals surface area contributed by atoms with Crippen LogP contribution in [0.2, 0.25) is 0 Å². The highest BCUT2D eigenvalue weighted by Crippen LogP contribution is 2.13. The van der Waals surface area contributed by atoms with Crippen molar-refractivity contribution in [2.24, 2.45) is 10.2 Å². The van der Waals surface area contributed by atoms with E-state index in [4.69, 9.17) is 4.42 Å². The van der Waals surface area contributed by atoms with Gasteiger partial charge in [-0.25, -0.2) is 9.89 Å². The largest absolute Gasteiger partial charge is 0.422 e. The summed E-state index contributed by atoms with van der Waals surface area (Å²) in [6.07, 6.45) is 0. The predicted octanol–water partition coefficient (Wildman–Crippen LogP) is 2.70. The molecule has 0 aliphatic heterocycles. The van der Waals surface area contributed by atoms with Crippen LogP contribution in [-0.4, -0.2) is 15.9 Å². The van der Waals surface area contributed by atoms with Crippen LogP contribution in [0.3, 0.4) is 0 Å². The molecule has 0 atom stereocenters. The van der Waals surface area contributed by atoms with Crippen LogP contribution >= 0.6 is 11.3 Å². The van der Waals surface area contributed by atoms with Gasteiger partial charge in [-0.1, -0.05) is 47.7 Å². The van der Waals surface area contributed by atoms with Crippen molar-refractivity contribution in [2.75, 3.05) is 10.9 Å². The molecule has 0 radical (unpaired) electrons. The number of nitrogens with one attached hydrogen (secondary N) is 3. The highest BCUT2D eigenvalue weighted by atomic mass is 32.1. The van der Waals surface area contributed by atoms with Crippen molar-refractivity contribution >= 4 is 38.8 Å². The Morgan fingerprint density at radius 1 is 1.07 bits per heavy atom. The summed E-state index contributed by atoms with van der Waals surface area (Å²) in [5.41, 5.74) is 6.62. The topological polar surface area (TPSA) is 125 Å². The second-order valence-electron chi connectivity index (χ2n) is 6.15. The van der Waals surface area contributed by atoms with Crippen molar-refractivity contribution in [1.29, 1.82) is 0 Å². The minimum absolute atomic E-state index is 0.162. The van der Waals surface area contributed by atoms with E-state index in [0.717, 1.165) is 22.4 Å². The van der Waals surface area contributed by atoms with Crippen molar-refractivity contribution < 1.29 is 4.42 Å². The molecule has 0 amide bonds. The van der Waals surface area contributed by atoms with Gasteiger partial charge >= 0.3 is 11.2 Å². The van der Waals surface area contributed by atoms with E-state index in [-0.39, 0.29) is 4.67 Å². The van der Waals surface area contributed by atoms with Crippen molar-refractivity contribution in [2.45, 2.75) is 6.92 Å². The number of aromatic nitrogens is 2. The summed E-state index contributed by atoms with van der Waals surface area (Å²) in [7, 11) is 0. The first-order chi connectivity index (χ1) is 14.6. The molecule has 10 heteroatoms. The van der Waals surface area contributed by atoms with E-state index in [2.05, 4.69) is 31.3 Å². The first-order valence-corrected chi connectivity index (χ1v) is 9.70. The Kier molecular flexibility index (Phi) is 5.48. The van der Waals surface area contributed by atoms with Crippen LogP contribution in [0, 0.1) is 0 Å². The monoisotopic (exact) mass is 420 g/mol. The van der Waals surface area contributed by atoms with Gasteiger partial charge in [0.15, 0.2) is 0 Å². The van der Waals surface area contributed by atoms with E-state index in [9.17, 15) is 9.59 Å². The van der Waals surface area contributed by atoms with Crippen molar-refractivity contribution in [3.63, 3.8) is 0 Å². The number of H-pyrrole nitrogens is 1. The molecule has 2 aromatic heterocycles. The number of benzene rings is 2. The maximum absolute atomic E-state index is 12.2. The summed E-state index contributed by atoms with van der Waals surface area (Å²) in [4.78, 5) is 24.2. The Labute approximate surface area is 173 Å². The molecule has 30 heavy (non-hydrogen) atoms. The molecule has 4 rings (SSSR count). The van der Waals surface area contributed by atoms with Gasteiger partial charge in [0, 0.05) is 5.39 Å². The van der Waals surface area contributed by atoms with Crippen molar-refractivity contribution in [1.82, 2.24) is 10.2 Å². The smallest absolute Gasteiger partial charge is 0.345 e. The molecule has 0 aliphatic rings. The lowest BCUT2D eigenvalue weighted by Crippen LogP contribution is -2.27. The van der Waals surface area contributed by atoms with Gasteiger partial charge < -0.3 is 4.42 Å². The Morgan fingerprint density at radius 2 is 1.83 bits per heavy atom. The van der Waals surface area contributed by atoms with E-state index in [1.165, 1.54) is 0 Å². The molecule has 2 heterocycles. The lowest BCUT2D eigenvalue weighted by atomic mass is 10.1. The molecule has 0 unspecified atom stereocenters. The fourth-order valence-electron chi connectivity index (χ4n) is 2.57. The molecule has 0 saturated heterocycles. The Balaban J connectivity index is 1.59. The van der Waals surface area contributed by atoms with Gasteiger partial charge in [-0.2, -0.15) is 10.2 Å². The van der Waals surface area contributed by atoms with E-state index in [0.29, 0.717) is 22.0 Å². The maximum Gasteiger partial charge on any atom is 0.345 e. The second kappa shape index (κ2) is 8.53. The van der Waals surface area contributed by atoms with Crippen molar-refractivity contribution in [3.8, 4) is 0 Å². The van der Waals surface area contributed by atoms with Crippen LogP contribution in [0.5, 0.6) is 0 Å². The molecular weight excluding hydrogens is 404 g/mol. The number of hydrazone groups is 1. The number of hydrogen-bond acceptors (Lipinski definition) is 9. The number of fused-ring (bicyclic) bond motifs is 1. The van der Waals surface area contributed by atoms with Gasteiger partial charge in [-0.15, -0.1) is 5.10 Å². The maximum atomic E-state index is 12.2. The second-order valence-corrected chi connectivity index (χ2v) is 7.13. The van der Waals surface area contributed by atoms with Gasteiger partial charge in [0.1, 0.15) is 5.58 Å². The first-order valence-electron chi connectivity index (χ1n) is 8.88. The number of nitrogens with zero attached hydrogens (tertiary/aromatic N) is 3. The van der Waals surface area contributed by atoms with Crippen LogP contribution < -0.4 is 26.7 Å². The number of para-hydroxylation sites is 2. The van der Waals surface area contributed by atoms with E-state index in [1.807, 2.05) is 42.5 Å². The van der Waals surface area contributed by atoms with E-state index < -0.39 is 11.2 Å². The van der Waals surface area contributed by atoms with E-state index >= 15 is 0 Å². The van der Waals surface area contributed by atoms with Crippen LogP contribution in [0.15, 0.2) is 84.9 Å². The predicted molar refractivity (Wildman–Crippen MR) is 117 cm³/mol. The Hall–Kier alpha value is -4.05. The lowest BCUT2D eigenvalue weighted by Gasteiger charge is -2.03.